The van der Waals surface area contributed by atoms with Crippen LogP contribution in [-0.4, -0.2) is 16.9 Å². The van der Waals surface area contributed by atoms with E-state index in [1.54, 1.807) is 0 Å². The molecule has 7 heteroatoms. The third-order valence-corrected chi connectivity index (χ3v) is 4.69. The number of benzene rings is 1. The average molecular weight is 293 g/mol. The molecule has 0 heterocycles. The number of fused-ring (bicyclic) bond motifs is 2. The van der Waals surface area contributed by atoms with Crippen LogP contribution in [0.2, 0.25) is 0 Å². The third-order valence-electron chi connectivity index (χ3n) is 4.69. The van der Waals surface area contributed by atoms with Crippen LogP contribution in [0.1, 0.15) is 19.3 Å². The predicted octanol–water partition coefficient (Wildman–Crippen LogP) is 2.05. The van der Waals surface area contributed by atoms with Crippen molar-refractivity contribution >= 4 is 17.3 Å². The van der Waals surface area contributed by atoms with Gasteiger partial charge in [0.15, 0.2) is 0 Å². The summed E-state index contributed by atoms with van der Waals surface area (Å²) in [6.07, 6.45) is 3.04. The van der Waals surface area contributed by atoms with Crippen LogP contribution in [0.15, 0.2) is 18.2 Å². The molecule has 0 aliphatic heterocycles. The Hall–Kier alpha value is -2.02. The van der Waals surface area contributed by atoms with Crippen LogP contribution < -0.4 is 11.1 Å². The van der Waals surface area contributed by atoms with E-state index in [4.69, 9.17) is 5.73 Å². The molecule has 1 aromatic rings. The second-order valence-electron chi connectivity index (χ2n) is 5.85. The molecule has 0 aromatic heterocycles. The summed E-state index contributed by atoms with van der Waals surface area (Å²) in [6, 6.07) is 3.18. The van der Waals surface area contributed by atoms with Gasteiger partial charge in [0.05, 0.1) is 10.8 Å². The maximum atomic E-state index is 13.3. The number of nitrogens with two attached hydrogens (primary N) is 1. The van der Waals surface area contributed by atoms with E-state index >= 15 is 0 Å². The van der Waals surface area contributed by atoms with E-state index in [2.05, 4.69) is 5.32 Å². The highest BCUT2D eigenvalue weighted by molar-refractivity contribution is 5.93. The first kappa shape index (κ1) is 13.9. The van der Waals surface area contributed by atoms with Gasteiger partial charge in [0.1, 0.15) is 0 Å². The fourth-order valence-corrected chi connectivity index (χ4v) is 3.68. The number of anilines is 1. The minimum atomic E-state index is -0.922. The zero-order valence-electron chi connectivity index (χ0n) is 11.3. The molecule has 3 rings (SSSR count). The molecule has 21 heavy (non-hydrogen) atoms. The number of carbonyl (C=O) groups is 1. The van der Waals surface area contributed by atoms with E-state index in [0.717, 1.165) is 31.4 Å². The molecule has 2 aliphatic carbocycles. The van der Waals surface area contributed by atoms with Crippen LogP contribution in [0, 0.1) is 33.7 Å². The second-order valence-corrected chi connectivity index (χ2v) is 5.85. The Bertz CT molecular complexity index is 605. The van der Waals surface area contributed by atoms with E-state index < -0.39 is 16.4 Å². The molecule has 2 saturated carbocycles. The molecule has 0 radical (unpaired) electrons. The van der Waals surface area contributed by atoms with Crippen LogP contribution in [0.3, 0.4) is 0 Å². The lowest BCUT2D eigenvalue weighted by Gasteiger charge is -2.26. The second kappa shape index (κ2) is 5.07. The molecule has 6 nitrogen and oxygen atoms in total. The molecule has 112 valence electrons. The number of hydrogen-bond acceptors (Lipinski definition) is 4. The van der Waals surface area contributed by atoms with Gasteiger partial charge in [-0.15, -0.1) is 0 Å². The van der Waals surface area contributed by atoms with Crippen LogP contribution in [0.5, 0.6) is 0 Å². The van der Waals surface area contributed by atoms with Crippen molar-refractivity contribution in [1.82, 2.24) is 0 Å². The van der Waals surface area contributed by atoms with Crippen molar-refractivity contribution in [1.29, 1.82) is 0 Å². The Balaban J connectivity index is 1.76. The number of nitro benzene ring substituents is 1. The van der Waals surface area contributed by atoms with Gasteiger partial charge in [0, 0.05) is 17.8 Å². The number of nitrogens with zero attached hydrogens (tertiary/aromatic N) is 1. The van der Waals surface area contributed by atoms with Crippen LogP contribution >= 0.6 is 0 Å². The highest BCUT2D eigenvalue weighted by atomic mass is 19.1. The van der Waals surface area contributed by atoms with E-state index in [1.165, 1.54) is 6.07 Å². The first-order chi connectivity index (χ1) is 9.97. The Morgan fingerprint density at radius 2 is 2.10 bits per heavy atom. The molecule has 1 aromatic carbocycles. The van der Waals surface area contributed by atoms with Crippen molar-refractivity contribution in [3.63, 3.8) is 0 Å². The first-order valence-electron chi connectivity index (χ1n) is 6.97. The summed E-state index contributed by atoms with van der Waals surface area (Å²) in [6.45, 7) is 0. The molecule has 2 bridgehead atoms. The quantitative estimate of drug-likeness (QED) is 0.658. The summed E-state index contributed by atoms with van der Waals surface area (Å²) in [4.78, 5) is 22.2. The van der Waals surface area contributed by atoms with Gasteiger partial charge < -0.3 is 11.1 Å². The number of nitrogens with one attached hydrogen (secondary N) is 1. The highest BCUT2D eigenvalue weighted by Gasteiger charge is 2.49. The zero-order valence-corrected chi connectivity index (χ0v) is 11.3. The molecular weight excluding hydrogens is 277 g/mol. The summed E-state index contributed by atoms with van der Waals surface area (Å²) in [5.74, 6) is -0.716. The van der Waals surface area contributed by atoms with Gasteiger partial charge in [-0.25, -0.2) is 0 Å². The minimum absolute atomic E-state index is 0.154. The smallest absolute Gasteiger partial charge is 0.306 e. The van der Waals surface area contributed by atoms with Crippen molar-refractivity contribution in [3.05, 3.63) is 34.1 Å². The maximum absolute atomic E-state index is 13.3. The summed E-state index contributed by atoms with van der Waals surface area (Å²) in [7, 11) is 0. The Morgan fingerprint density at radius 1 is 1.38 bits per heavy atom. The van der Waals surface area contributed by atoms with Gasteiger partial charge in [-0.05, 0) is 43.2 Å². The topological polar surface area (TPSA) is 98.3 Å². The molecular formula is C14H16FN3O3. The van der Waals surface area contributed by atoms with Gasteiger partial charge in [-0.3, -0.25) is 14.9 Å². The van der Waals surface area contributed by atoms with E-state index in [1.807, 2.05) is 0 Å². The lowest BCUT2D eigenvalue weighted by Crippen LogP contribution is -2.42. The Kier molecular flexibility index (Phi) is 3.36. The standard InChI is InChI=1S/C14H16FN3O3/c15-10-4-3-9(6-11(10)18(20)21)17-14(19)12-7-1-2-8(5-7)13(12)16/h3-4,6-8,12-13H,1-2,5,16H2,(H,17,19). The van der Waals surface area contributed by atoms with Crippen molar-refractivity contribution in [2.24, 2.45) is 23.5 Å². The number of nitro groups is 1. The van der Waals surface area contributed by atoms with Crippen LogP contribution in [0.25, 0.3) is 0 Å². The Morgan fingerprint density at radius 3 is 2.71 bits per heavy atom. The van der Waals surface area contributed by atoms with E-state index in [-0.39, 0.29) is 23.6 Å². The van der Waals surface area contributed by atoms with Gasteiger partial charge >= 0.3 is 5.69 Å². The summed E-state index contributed by atoms with van der Waals surface area (Å²) in [5, 5.41) is 13.3. The van der Waals surface area contributed by atoms with Crippen LogP contribution in [-0.2, 0) is 4.79 Å². The maximum Gasteiger partial charge on any atom is 0.306 e. The number of hydrogen-bond donors (Lipinski definition) is 2. The number of rotatable bonds is 3. The summed E-state index contributed by atoms with van der Waals surface area (Å²) in [5.41, 5.74) is 5.67. The average Bonchev–Trinajstić information content (AvgIpc) is 3.01. The molecule has 2 aliphatic rings. The minimum Gasteiger partial charge on any atom is -0.327 e. The molecule has 2 fully saturated rings. The summed E-state index contributed by atoms with van der Waals surface area (Å²) >= 11 is 0. The van der Waals surface area contributed by atoms with Crippen molar-refractivity contribution in [2.45, 2.75) is 25.3 Å². The SMILES string of the molecule is NC1C2CCC(C2)C1C(=O)Nc1ccc(F)c([N+](=O)[O-])c1. The molecule has 0 spiro atoms. The van der Waals surface area contributed by atoms with Crippen molar-refractivity contribution in [3.8, 4) is 0 Å². The molecule has 0 saturated heterocycles. The largest absolute Gasteiger partial charge is 0.327 e. The first-order valence-corrected chi connectivity index (χ1v) is 6.97. The zero-order chi connectivity index (χ0) is 15.1. The lowest BCUT2D eigenvalue weighted by atomic mass is 9.84. The van der Waals surface area contributed by atoms with E-state index in [9.17, 15) is 19.3 Å². The highest BCUT2D eigenvalue weighted by Crippen LogP contribution is 2.47. The molecule has 4 unspecified atom stereocenters. The third kappa shape index (κ3) is 2.37. The van der Waals surface area contributed by atoms with Gasteiger partial charge in [0.25, 0.3) is 0 Å². The molecule has 1 amide bonds. The van der Waals surface area contributed by atoms with Crippen molar-refractivity contribution < 1.29 is 14.1 Å². The molecule has 4 atom stereocenters. The lowest BCUT2D eigenvalue weighted by molar-refractivity contribution is -0.387. The van der Waals surface area contributed by atoms with E-state index in [0.29, 0.717) is 11.8 Å². The fourth-order valence-electron chi connectivity index (χ4n) is 3.68. The van der Waals surface area contributed by atoms with Crippen molar-refractivity contribution in [2.75, 3.05) is 5.32 Å². The monoisotopic (exact) mass is 293 g/mol. The van der Waals surface area contributed by atoms with Crippen LogP contribution in [0.4, 0.5) is 15.8 Å². The number of amides is 1. The molecule has 3 N–H and O–H groups in total. The predicted molar refractivity (Wildman–Crippen MR) is 74.0 cm³/mol. The Labute approximate surface area is 120 Å². The number of carbonyl (C=O) groups excluding carboxylic acids is 1. The fraction of sp³-hybridized carbons (Fsp3) is 0.500. The van der Waals surface area contributed by atoms with Gasteiger partial charge in [-0.2, -0.15) is 4.39 Å². The summed E-state index contributed by atoms with van der Waals surface area (Å²) < 4.78 is 13.3. The van der Waals surface area contributed by atoms with Gasteiger partial charge in [-0.1, -0.05) is 0 Å². The number of halogens is 1. The normalized spacial score (nSPS) is 30.4. The van der Waals surface area contributed by atoms with Gasteiger partial charge in [0.2, 0.25) is 11.7 Å².